The number of aromatic hydroxyl groups is 1. The Hall–Kier alpha value is -1.92. The number of hydrogen-bond acceptors (Lipinski definition) is 4. The molecule has 0 atom stereocenters. The first-order valence-electron chi connectivity index (χ1n) is 8.45. The molecular weight excluding hydrogens is 341 g/mol. The molecule has 2 aromatic carbocycles. The molecule has 0 amide bonds. The van der Waals surface area contributed by atoms with Gasteiger partial charge in [0.1, 0.15) is 11.6 Å². The van der Waals surface area contributed by atoms with Crippen LogP contribution in [0.15, 0.2) is 53.4 Å². The lowest BCUT2D eigenvalue weighted by Crippen LogP contribution is -2.40. The van der Waals surface area contributed by atoms with Crippen LogP contribution in [0.5, 0.6) is 5.75 Å². The fourth-order valence-corrected chi connectivity index (χ4v) is 4.94. The number of piperidine rings is 1. The number of benzene rings is 2. The molecule has 0 unspecified atom stereocenters. The molecule has 0 radical (unpaired) electrons. The van der Waals surface area contributed by atoms with E-state index in [9.17, 15) is 17.9 Å². The van der Waals surface area contributed by atoms with Crippen LogP contribution in [0, 0.1) is 5.82 Å². The summed E-state index contributed by atoms with van der Waals surface area (Å²) in [5.74, 6) is -0.168. The van der Waals surface area contributed by atoms with Crippen molar-refractivity contribution in [3.63, 3.8) is 0 Å². The molecule has 3 rings (SSSR count). The van der Waals surface area contributed by atoms with E-state index in [1.54, 1.807) is 12.1 Å². The van der Waals surface area contributed by atoms with Gasteiger partial charge >= 0.3 is 0 Å². The summed E-state index contributed by atoms with van der Waals surface area (Å²) in [4.78, 5) is 2.53. The van der Waals surface area contributed by atoms with E-state index < -0.39 is 9.84 Å². The Labute approximate surface area is 147 Å². The number of hydrogen-bond donors (Lipinski definition) is 1. The second-order valence-corrected chi connectivity index (χ2v) is 8.68. The van der Waals surface area contributed by atoms with Crippen LogP contribution < -0.4 is 0 Å². The SMILES string of the molecule is O=S(=O)(c1ccc(O)cc1)C1CCN(CCc2ccc(F)cc2)CC1. The molecule has 0 spiro atoms. The first-order valence-corrected chi connectivity index (χ1v) is 9.99. The summed E-state index contributed by atoms with van der Waals surface area (Å²) in [6, 6.07) is 12.2. The molecule has 6 heteroatoms. The second kappa shape index (κ2) is 7.54. The van der Waals surface area contributed by atoms with Crippen LogP contribution in [0.1, 0.15) is 18.4 Å². The Bertz CT molecular complexity index is 796. The molecule has 0 aliphatic carbocycles. The van der Waals surface area contributed by atoms with Crippen LogP contribution in [-0.2, 0) is 16.3 Å². The van der Waals surface area contributed by atoms with E-state index >= 15 is 0 Å². The van der Waals surface area contributed by atoms with Gasteiger partial charge in [0.05, 0.1) is 10.1 Å². The summed E-state index contributed by atoms with van der Waals surface area (Å²) >= 11 is 0. The van der Waals surface area contributed by atoms with Crippen LogP contribution in [0.25, 0.3) is 0 Å². The van der Waals surface area contributed by atoms with Gasteiger partial charge in [-0.05, 0) is 74.3 Å². The standard InChI is InChI=1S/C19H22FNO3S/c20-16-3-1-15(2-4-16)9-12-21-13-10-19(11-14-21)25(23,24)18-7-5-17(22)6-8-18/h1-8,19,22H,9-14H2. The zero-order valence-electron chi connectivity index (χ0n) is 13.9. The van der Waals surface area contributed by atoms with Crippen molar-refractivity contribution in [2.75, 3.05) is 19.6 Å². The molecule has 1 N–H and O–H groups in total. The van der Waals surface area contributed by atoms with Crippen molar-refractivity contribution in [2.24, 2.45) is 0 Å². The Balaban J connectivity index is 1.54. The fraction of sp³-hybridized carbons (Fsp3) is 0.368. The fourth-order valence-electron chi connectivity index (χ4n) is 3.21. The Kier molecular flexibility index (Phi) is 5.39. The summed E-state index contributed by atoms with van der Waals surface area (Å²) in [6.07, 6.45) is 2.04. The monoisotopic (exact) mass is 363 g/mol. The van der Waals surface area contributed by atoms with Crippen molar-refractivity contribution in [1.29, 1.82) is 0 Å². The van der Waals surface area contributed by atoms with Gasteiger partial charge in [0, 0.05) is 6.54 Å². The zero-order valence-corrected chi connectivity index (χ0v) is 14.8. The number of phenolic OH excluding ortho intramolecular Hbond substituents is 1. The van der Waals surface area contributed by atoms with Crippen LogP contribution in [0.2, 0.25) is 0 Å². The number of sulfone groups is 1. The molecule has 1 aliphatic rings. The van der Waals surface area contributed by atoms with Crippen molar-refractivity contribution in [3.8, 4) is 5.75 Å². The first-order chi connectivity index (χ1) is 11.9. The van der Waals surface area contributed by atoms with Gasteiger partial charge in [-0.3, -0.25) is 0 Å². The predicted octanol–water partition coefficient (Wildman–Crippen LogP) is 3.01. The maximum absolute atomic E-state index is 12.9. The average molecular weight is 363 g/mol. The van der Waals surface area contributed by atoms with Gasteiger partial charge in [0.25, 0.3) is 0 Å². The van der Waals surface area contributed by atoms with Crippen molar-refractivity contribution in [1.82, 2.24) is 4.90 Å². The van der Waals surface area contributed by atoms with Crippen molar-refractivity contribution < 1.29 is 17.9 Å². The molecular formula is C19H22FNO3S. The Morgan fingerprint density at radius 3 is 2.20 bits per heavy atom. The molecule has 1 heterocycles. The summed E-state index contributed by atoms with van der Waals surface area (Å²) in [5, 5.41) is 8.94. The minimum Gasteiger partial charge on any atom is -0.508 e. The van der Waals surface area contributed by atoms with E-state index in [1.165, 1.54) is 36.4 Å². The molecule has 2 aromatic rings. The maximum Gasteiger partial charge on any atom is 0.181 e. The van der Waals surface area contributed by atoms with Gasteiger partial charge in [-0.15, -0.1) is 0 Å². The highest BCUT2D eigenvalue weighted by molar-refractivity contribution is 7.92. The zero-order chi connectivity index (χ0) is 17.9. The third kappa shape index (κ3) is 4.38. The normalized spacial score (nSPS) is 16.8. The van der Waals surface area contributed by atoms with Gasteiger partial charge in [-0.25, -0.2) is 12.8 Å². The minimum atomic E-state index is -3.35. The van der Waals surface area contributed by atoms with Crippen LogP contribution in [0.3, 0.4) is 0 Å². The summed E-state index contributed by atoms with van der Waals surface area (Å²) in [7, 11) is -3.35. The highest BCUT2D eigenvalue weighted by Crippen LogP contribution is 2.26. The van der Waals surface area contributed by atoms with Crippen LogP contribution in [0.4, 0.5) is 4.39 Å². The minimum absolute atomic E-state index is 0.0644. The number of nitrogens with zero attached hydrogens (tertiary/aromatic N) is 1. The van der Waals surface area contributed by atoms with Crippen molar-refractivity contribution >= 4 is 9.84 Å². The van der Waals surface area contributed by atoms with Crippen LogP contribution >= 0.6 is 0 Å². The molecule has 1 saturated heterocycles. The van der Waals surface area contributed by atoms with Gasteiger partial charge in [0.15, 0.2) is 9.84 Å². The lowest BCUT2D eigenvalue weighted by molar-refractivity contribution is 0.232. The highest BCUT2D eigenvalue weighted by atomic mass is 32.2. The summed E-state index contributed by atoms with van der Waals surface area (Å²) in [5.41, 5.74) is 1.08. The van der Waals surface area contributed by atoms with Gasteiger partial charge in [-0.2, -0.15) is 0 Å². The third-order valence-corrected chi connectivity index (χ3v) is 7.05. The van der Waals surface area contributed by atoms with E-state index in [2.05, 4.69) is 4.90 Å². The molecule has 0 bridgehead atoms. The van der Waals surface area contributed by atoms with Gasteiger partial charge in [0.2, 0.25) is 0 Å². The van der Waals surface area contributed by atoms with E-state index in [4.69, 9.17) is 0 Å². The quantitative estimate of drug-likeness (QED) is 0.887. The van der Waals surface area contributed by atoms with Crippen molar-refractivity contribution in [2.45, 2.75) is 29.4 Å². The Morgan fingerprint density at radius 2 is 1.60 bits per heavy atom. The first kappa shape index (κ1) is 17.9. The van der Waals surface area contributed by atoms with Crippen molar-refractivity contribution in [3.05, 3.63) is 59.9 Å². The maximum atomic E-state index is 12.9. The number of halogens is 1. The lowest BCUT2D eigenvalue weighted by atomic mass is 10.1. The second-order valence-electron chi connectivity index (χ2n) is 6.46. The third-order valence-electron chi connectivity index (χ3n) is 4.77. The molecule has 1 aliphatic heterocycles. The Morgan fingerprint density at radius 1 is 1.00 bits per heavy atom. The molecule has 4 nitrogen and oxygen atoms in total. The van der Waals surface area contributed by atoms with E-state index in [1.807, 2.05) is 0 Å². The number of likely N-dealkylation sites (tertiary alicyclic amines) is 1. The van der Waals surface area contributed by atoms with Gasteiger partial charge in [-0.1, -0.05) is 12.1 Å². The number of phenols is 1. The summed E-state index contributed by atoms with van der Waals surface area (Å²) < 4.78 is 38.3. The van der Waals surface area contributed by atoms with E-state index in [0.717, 1.165) is 31.6 Å². The molecule has 134 valence electrons. The largest absolute Gasteiger partial charge is 0.508 e. The van der Waals surface area contributed by atoms with Crippen LogP contribution in [-0.4, -0.2) is 43.3 Å². The topological polar surface area (TPSA) is 57.6 Å². The smallest absolute Gasteiger partial charge is 0.181 e. The van der Waals surface area contributed by atoms with Gasteiger partial charge < -0.3 is 10.0 Å². The summed E-state index contributed by atoms with van der Waals surface area (Å²) in [6.45, 7) is 2.32. The molecule has 0 saturated carbocycles. The average Bonchev–Trinajstić information content (AvgIpc) is 2.62. The van der Waals surface area contributed by atoms with E-state index in [-0.39, 0.29) is 21.7 Å². The molecule has 0 aromatic heterocycles. The predicted molar refractivity (Wildman–Crippen MR) is 94.9 cm³/mol. The molecule has 25 heavy (non-hydrogen) atoms. The van der Waals surface area contributed by atoms with E-state index in [0.29, 0.717) is 12.8 Å². The highest BCUT2D eigenvalue weighted by Gasteiger charge is 2.31. The number of rotatable bonds is 5. The molecule has 1 fully saturated rings. The lowest BCUT2D eigenvalue weighted by Gasteiger charge is -2.31.